The van der Waals surface area contributed by atoms with E-state index in [0.717, 1.165) is 24.4 Å². The topological polar surface area (TPSA) is 35.2 Å². The fourth-order valence-corrected chi connectivity index (χ4v) is 3.40. The van der Waals surface area contributed by atoms with Crippen LogP contribution in [0.4, 0.5) is 0 Å². The molecule has 0 saturated heterocycles. The Balaban J connectivity index is 1.83. The maximum Gasteiger partial charge on any atom is 0.0738 e. The smallest absolute Gasteiger partial charge is 0.0738 e. The molecule has 2 nitrogen and oxygen atoms in total. The molecule has 0 atom stereocenters. The molecule has 2 fully saturated rings. The molecule has 0 bridgehead atoms. The molecule has 0 amide bonds. The quantitative estimate of drug-likeness (QED) is 0.725. The molecule has 2 heteroatoms. The lowest BCUT2D eigenvalue weighted by molar-refractivity contribution is 0.0450. The summed E-state index contributed by atoms with van der Waals surface area (Å²) in [6.45, 7) is 5.52. The summed E-state index contributed by atoms with van der Waals surface area (Å²) < 4.78 is 0. The highest BCUT2D eigenvalue weighted by Crippen LogP contribution is 2.57. The molecule has 88 valence electrons. The second kappa shape index (κ2) is 4.42. The van der Waals surface area contributed by atoms with Crippen LogP contribution >= 0.6 is 0 Å². The highest BCUT2D eigenvalue weighted by Gasteiger charge is 2.49. The van der Waals surface area contributed by atoms with Crippen molar-refractivity contribution in [1.82, 2.24) is 0 Å². The normalized spacial score (nSPS) is 34.4. The highest BCUT2D eigenvalue weighted by atomic mass is 16.6. The van der Waals surface area contributed by atoms with Gasteiger partial charge in [-0.1, -0.05) is 13.8 Å². The predicted octanol–water partition coefficient (Wildman–Crippen LogP) is 3.12. The van der Waals surface area contributed by atoms with E-state index >= 15 is 0 Å². The Bertz CT molecular complexity index is 203. The number of hydrogen-bond acceptors (Lipinski definition) is 2. The third kappa shape index (κ3) is 2.36. The monoisotopic (exact) mass is 211 g/mol. The van der Waals surface area contributed by atoms with Gasteiger partial charge >= 0.3 is 0 Å². The number of hydrogen-bond donors (Lipinski definition) is 1. The van der Waals surface area contributed by atoms with Crippen LogP contribution in [0.1, 0.15) is 52.4 Å². The van der Waals surface area contributed by atoms with Crippen molar-refractivity contribution in [3.05, 3.63) is 0 Å². The van der Waals surface area contributed by atoms with Gasteiger partial charge in [-0.3, -0.25) is 0 Å². The summed E-state index contributed by atoms with van der Waals surface area (Å²) in [6.07, 6.45) is 8.37. The summed E-state index contributed by atoms with van der Waals surface area (Å²) >= 11 is 0. The molecule has 2 aliphatic carbocycles. The molecule has 0 aromatic carbocycles. The van der Waals surface area contributed by atoms with E-state index in [1.165, 1.54) is 38.5 Å². The Labute approximate surface area is 93.5 Å². The Morgan fingerprint density at radius 3 is 2.20 bits per heavy atom. The molecule has 15 heavy (non-hydrogen) atoms. The van der Waals surface area contributed by atoms with Gasteiger partial charge in [0.2, 0.25) is 0 Å². The molecular formula is C13H25NO. The maximum atomic E-state index is 5.24. The average molecular weight is 211 g/mol. The Morgan fingerprint density at radius 1 is 1.20 bits per heavy atom. The van der Waals surface area contributed by atoms with Crippen molar-refractivity contribution in [2.75, 3.05) is 6.61 Å². The lowest BCUT2D eigenvalue weighted by Crippen LogP contribution is -2.28. The molecule has 0 aromatic heterocycles. The molecule has 0 heterocycles. The molecule has 0 radical (unpaired) electrons. The van der Waals surface area contributed by atoms with Gasteiger partial charge in [0, 0.05) is 0 Å². The SMILES string of the molecule is CC(C)C1CCC(C2(CON)CC2)CC1. The summed E-state index contributed by atoms with van der Waals surface area (Å²) in [5, 5.41) is 0. The largest absolute Gasteiger partial charge is 0.304 e. The van der Waals surface area contributed by atoms with Gasteiger partial charge in [0.1, 0.15) is 0 Å². The zero-order chi connectivity index (χ0) is 10.9. The minimum atomic E-state index is 0.497. The summed E-state index contributed by atoms with van der Waals surface area (Å²) in [4.78, 5) is 4.90. The van der Waals surface area contributed by atoms with Crippen LogP contribution in [0.3, 0.4) is 0 Å². The van der Waals surface area contributed by atoms with E-state index in [9.17, 15) is 0 Å². The van der Waals surface area contributed by atoms with Crippen LogP contribution in [0.15, 0.2) is 0 Å². The zero-order valence-corrected chi connectivity index (χ0v) is 10.2. The highest BCUT2D eigenvalue weighted by molar-refractivity contribution is 4.99. The molecule has 0 unspecified atom stereocenters. The summed E-state index contributed by atoms with van der Waals surface area (Å²) in [6, 6.07) is 0. The van der Waals surface area contributed by atoms with Crippen LogP contribution in [0.5, 0.6) is 0 Å². The minimum absolute atomic E-state index is 0.497. The molecule has 0 aliphatic heterocycles. The van der Waals surface area contributed by atoms with Crippen LogP contribution in [0, 0.1) is 23.2 Å². The Hall–Kier alpha value is -0.0800. The van der Waals surface area contributed by atoms with E-state index < -0.39 is 0 Å². The van der Waals surface area contributed by atoms with Crippen molar-refractivity contribution in [3.63, 3.8) is 0 Å². The summed E-state index contributed by atoms with van der Waals surface area (Å²) in [5.41, 5.74) is 0.497. The lowest BCUT2D eigenvalue weighted by atomic mass is 9.71. The van der Waals surface area contributed by atoms with Crippen molar-refractivity contribution in [1.29, 1.82) is 0 Å². The van der Waals surface area contributed by atoms with Gasteiger partial charge in [-0.25, -0.2) is 5.90 Å². The van der Waals surface area contributed by atoms with Crippen LogP contribution < -0.4 is 5.90 Å². The van der Waals surface area contributed by atoms with Gasteiger partial charge in [0.15, 0.2) is 0 Å². The summed E-state index contributed by atoms with van der Waals surface area (Å²) in [7, 11) is 0. The standard InChI is InChI=1S/C13H25NO/c1-10(2)11-3-5-12(6-4-11)13(7-8-13)9-15-14/h10-12H,3-9,14H2,1-2H3. The van der Waals surface area contributed by atoms with E-state index in [2.05, 4.69) is 13.8 Å². The first-order valence-corrected chi connectivity index (χ1v) is 6.49. The van der Waals surface area contributed by atoms with Crippen molar-refractivity contribution in [2.45, 2.75) is 52.4 Å². The van der Waals surface area contributed by atoms with Gasteiger partial charge < -0.3 is 4.84 Å². The van der Waals surface area contributed by atoms with Crippen LogP contribution in [0.2, 0.25) is 0 Å². The van der Waals surface area contributed by atoms with E-state index in [1.807, 2.05) is 0 Å². The second-order valence-electron chi connectivity index (χ2n) is 6.03. The first-order valence-electron chi connectivity index (χ1n) is 6.49. The molecule has 0 spiro atoms. The molecule has 0 aromatic rings. The third-order valence-corrected chi connectivity index (χ3v) is 4.84. The van der Waals surface area contributed by atoms with E-state index in [1.54, 1.807) is 0 Å². The van der Waals surface area contributed by atoms with Crippen molar-refractivity contribution < 1.29 is 4.84 Å². The molecule has 2 aliphatic rings. The van der Waals surface area contributed by atoms with Crippen LogP contribution in [-0.2, 0) is 4.84 Å². The van der Waals surface area contributed by atoms with Gasteiger partial charge in [-0.05, 0) is 61.7 Å². The molecule has 2 rings (SSSR count). The van der Waals surface area contributed by atoms with E-state index in [-0.39, 0.29) is 0 Å². The first kappa shape index (κ1) is 11.4. The van der Waals surface area contributed by atoms with Crippen molar-refractivity contribution in [2.24, 2.45) is 29.1 Å². The van der Waals surface area contributed by atoms with Gasteiger partial charge in [0.05, 0.1) is 6.61 Å². The minimum Gasteiger partial charge on any atom is -0.304 e. The summed E-state index contributed by atoms with van der Waals surface area (Å²) in [5.74, 6) is 7.97. The van der Waals surface area contributed by atoms with Gasteiger partial charge in [-0.2, -0.15) is 0 Å². The Kier molecular flexibility index (Phi) is 3.36. The zero-order valence-electron chi connectivity index (χ0n) is 10.2. The van der Waals surface area contributed by atoms with Crippen molar-refractivity contribution in [3.8, 4) is 0 Å². The third-order valence-electron chi connectivity index (χ3n) is 4.84. The first-order chi connectivity index (χ1) is 7.18. The molecule has 2 saturated carbocycles. The molecular weight excluding hydrogens is 186 g/mol. The van der Waals surface area contributed by atoms with Crippen LogP contribution in [0.25, 0.3) is 0 Å². The van der Waals surface area contributed by atoms with Gasteiger partial charge in [-0.15, -0.1) is 0 Å². The molecule has 2 N–H and O–H groups in total. The van der Waals surface area contributed by atoms with Crippen molar-refractivity contribution >= 4 is 0 Å². The number of rotatable bonds is 4. The predicted molar refractivity (Wildman–Crippen MR) is 62.1 cm³/mol. The lowest BCUT2D eigenvalue weighted by Gasteiger charge is -2.35. The van der Waals surface area contributed by atoms with E-state index in [4.69, 9.17) is 10.7 Å². The fraction of sp³-hybridized carbons (Fsp3) is 1.00. The second-order valence-corrected chi connectivity index (χ2v) is 6.03. The van der Waals surface area contributed by atoms with Gasteiger partial charge in [0.25, 0.3) is 0 Å². The average Bonchev–Trinajstić information content (AvgIpc) is 3.00. The Morgan fingerprint density at radius 2 is 1.80 bits per heavy atom. The fourth-order valence-electron chi connectivity index (χ4n) is 3.40. The maximum absolute atomic E-state index is 5.24. The van der Waals surface area contributed by atoms with E-state index in [0.29, 0.717) is 5.41 Å². The number of nitrogens with two attached hydrogens (primary N) is 1. The van der Waals surface area contributed by atoms with Crippen LogP contribution in [-0.4, -0.2) is 6.61 Å².